The second kappa shape index (κ2) is 9.07. The SMILES string of the molecule is CCCNC(=O)NCc1ccc(OCC)c(OCC)c1. The highest BCUT2D eigenvalue weighted by Gasteiger charge is 2.07. The Kier molecular flexibility index (Phi) is 7.32. The molecule has 0 aromatic heterocycles. The van der Waals surface area contributed by atoms with Crippen molar-refractivity contribution in [3.8, 4) is 11.5 Å². The molecule has 0 aliphatic carbocycles. The molecule has 0 radical (unpaired) electrons. The smallest absolute Gasteiger partial charge is 0.315 e. The molecule has 5 heteroatoms. The first-order valence-electron chi connectivity index (χ1n) is 7.11. The van der Waals surface area contributed by atoms with Crippen LogP contribution in [0.15, 0.2) is 18.2 Å². The fourth-order valence-electron chi connectivity index (χ4n) is 1.69. The van der Waals surface area contributed by atoms with Crippen LogP contribution in [-0.4, -0.2) is 25.8 Å². The van der Waals surface area contributed by atoms with Crippen LogP contribution in [0.1, 0.15) is 32.8 Å². The number of nitrogens with one attached hydrogen (secondary N) is 2. The summed E-state index contributed by atoms with van der Waals surface area (Å²) in [4.78, 5) is 11.5. The molecule has 0 heterocycles. The minimum atomic E-state index is -0.154. The maximum atomic E-state index is 11.5. The molecule has 5 nitrogen and oxygen atoms in total. The summed E-state index contributed by atoms with van der Waals surface area (Å²) in [5, 5.41) is 5.58. The summed E-state index contributed by atoms with van der Waals surface area (Å²) < 4.78 is 11.0. The highest BCUT2D eigenvalue weighted by Crippen LogP contribution is 2.28. The van der Waals surface area contributed by atoms with Gasteiger partial charge in [0.2, 0.25) is 0 Å². The summed E-state index contributed by atoms with van der Waals surface area (Å²) in [5.74, 6) is 1.44. The molecule has 20 heavy (non-hydrogen) atoms. The van der Waals surface area contributed by atoms with E-state index in [-0.39, 0.29) is 6.03 Å². The molecule has 1 aromatic carbocycles. The van der Waals surface area contributed by atoms with Crippen LogP contribution in [0.2, 0.25) is 0 Å². The minimum Gasteiger partial charge on any atom is -0.490 e. The number of urea groups is 1. The third-order valence-electron chi connectivity index (χ3n) is 2.60. The number of carbonyl (C=O) groups is 1. The van der Waals surface area contributed by atoms with E-state index in [1.54, 1.807) is 0 Å². The lowest BCUT2D eigenvalue weighted by Gasteiger charge is -2.13. The molecular weight excluding hydrogens is 256 g/mol. The van der Waals surface area contributed by atoms with Gasteiger partial charge in [0.15, 0.2) is 11.5 Å². The number of amides is 2. The molecule has 1 rings (SSSR count). The van der Waals surface area contributed by atoms with Gasteiger partial charge < -0.3 is 20.1 Å². The largest absolute Gasteiger partial charge is 0.490 e. The number of benzene rings is 1. The van der Waals surface area contributed by atoms with Gasteiger partial charge in [-0.15, -0.1) is 0 Å². The molecule has 0 atom stereocenters. The quantitative estimate of drug-likeness (QED) is 0.769. The van der Waals surface area contributed by atoms with Crippen molar-refractivity contribution in [3.05, 3.63) is 23.8 Å². The van der Waals surface area contributed by atoms with Gasteiger partial charge in [-0.05, 0) is 38.0 Å². The number of carbonyl (C=O) groups excluding carboxylic acids is 1. The van der Waals surface area contributed by atoms with Crippen LogP contribution >= 0.6 is 0 Å². The van der Waals surface area contributed by atoms with Crippen molar-refractivity contribution in [2.45, 2.75) is 33.7 Å². The molecular formula is C15H24N2O3. The molecule has 0 bridgehead atoms. The molecule has 2 N–H and O–H groups in total. The van der Waals surface area contributed by atoms with E-state index in [0.717, 1.165) is 17.7 Å². The Morgan fingerprint density at radius 3 is 2.40 bits per heavy atom. The first-order chi connectivity index (χ1) is 9.71. The third-order valence-corrected chi connectivity index (χ3v) is 2.60. The van der Waals surface area contributed by atoms with Crippen LogP contribution < -0.4 is 20.1 Å². The van der Waals surface area contributed by atoms with Crippen molar-refractivity contribution in [2.24, 2.45) is 0 Å². The molecule has 112 valence electrons. The van der Waals surface area contributed by atoms with Gasteiger partial charge >= 0.3 is 6.03 Å². The number of hydrogen-bond donors (Lipinski definition) is 2. The highest BCUT2D eigenvalue weighted by atomic mass is 16.5. The summed E-state index contributed by atoms with van der Waals surface area (Å²) in [7, 11) is 0. The van der Waals surface area contributed by atoms with Gasteiger partial charge in [0.05, 0.1) is 13.2 Å². The van der Waals surface area contributed by atoms with Crippen molar-refractivity contribution in [2.75, 3.05) is 19.8 Å². The van der Waals surface area contributed by atoms with E-state index in [9.17, 15) is 4.79 Å². The van der Waals surface area contributed by atoms with E-state index in [0.29, 0.717) is 32.1 Å². The van der Waals surface area contributed by atoms with Gasteiger partial charge in [-0.2, -0.15) is 0 Å². The van der Waals surface area contributed by atoms with E-state index in [1.165, 1.54) is 0 Å². The van der Waals surface area contributed by atoms with Gasteiger partial charge in [-0.25, -0.2) is 4.79 Å². The van der Waals surface area contributed by atoms with Crippen molar-refractivity contribution >= 4 is 6.03 Å². The summed E-state index contributed by atoms with van der Waals surface area (Å²) in [5.41, 5.74) is 0.976. The predicted molar refractivity (Wildman–Crippen MR) is 79.3 cm³/mol. The van der Waals surface area contributed by atoms with Gasteiger partial charge in [-0.3, -0.25) is 0 Å². The molecule has 2 amide bonds. The van der Waals surface area contributed by atoms with E-state index in [2.05, 4.69) is 10.6 Å². The lowest BCUT2D eigenvalue weighted by Crippen LogP contribution is -2.35. The number of hydrogen-bond acceptors (Lipinski definition) is 3. The molecule has 0 aliphatic rings. The standard InChI is InChI=1S/C15H24N2O3/c1-4-9-16-15(18)17-11-12-7-8-13(19-5-2)14(10-12)20-6-3/h7-8,10H,4-6,9,11H2,1-3H3,(H2,16,17,18). The monoisotopic (exact) mass is 280 g/mol. The molecule has 1 aromatic rings. The summed E-state index contributed by atoms with van der Waals surface area (Å²) in [6, 6.07) is 5.54. The summed E-state index contributed by atoms with van der Waals surface area (Å²) >= 11 is 0. The van der Waals surface area contributed by atoms with Crippen molar-refractivity contribution in [3.63, 3.8) is 0 Å². The lowest BCUT2D eigenvalue weighted by atomic mass is 10.2. The first kappa shape index (κ1) is 16.1. The van der Waals surface area contributed by atoms with E-state index in [1.807, 2.05) is 39.0 Å². The maximum absolute atomic E-state index is 11.5. The minimum absolute atomic E-state index is 0.154. The van der Waals surface area contributed by atoms with Crippen molar-refractivity contribution in [1.82, 2.24) is 10.6 Å². The number of rotatable bonds is 8. The van der Waals surface area contributed by atoms with E-state index in [4.69, 9.17) is 9.47 Å². The Balaban J connectivity index is 2.62. The molecule has 0 spiro atoms. The molecule has 0 saturated carbocycles. The van der Waals surface area contributed by atoms with Gasteiger partial charge in [-0.1, -0.05) is 13.0 Å². The van der Waals surface area contributed by atoms with Gasteiger partial charge in [0, 0.05) is 13.1 Å². The summed E-state index contributed by atoms with van der Waals surface area (Å²) in [6.45, 7) is 8.19. The van der Waals surface area contributed by atoms with Gasteiger partial charge in [0.1, 0.15) is 0 Å². The normalized spacial score (nSPS) is 9.95. The molecule has 0 aliphatic heterocycles. The van der Waals surface area contributed by atoms with Crippen LogP contribution in [0.4, 0.5) is 4.79 Å². The molecule has 0 fully saturated rings. The maximum Gasteiger partial charge on any atom is 0.315 e. The van der Waals surface area contributed by atoms with Crippen LogP contribution in [0.3, 0.4) is 0 Å². The second-order valence-corrected chi connectivity index (χ2v) is 4.26. The zero-order valence-corrected chi connectivity index (χ0v) is 12.5. The second-order valence-electron chi connectivity index (χ2n) is 4.26. The number of ether oxygens (including phenoxy) is 2. The van der Waals surface area contributed by atoms with Crippen LogP contribution in [-0.2, 0) is 6.54 Å². The zero-order chi connectivity index (χ0) is 14.8. The Labute approximate surface area is 120 Å². The fraction of sp³-hybridized carbons (Fsp3) is 0.533. The fourth-order valence-corrected chi connectivity index (χ4v) is 1.69. The highest BCUT2D eigenvalue weighted by molar-refractivity contribution is 5.73. The predicted octanol–water partition coefficient (Wildman–Crippen LogP) is 2.69. The Morgan fingerprint density at radius 1 is 1.05 bits per heavy atom. The van der Waals surface area contributed by atoms with Crippen molar-refractivity contribution in [1.29, 1.82) is 0 Å². The van der Waals surface area contributed by atoms with Crippen molar-refractivity contribution < 1.29 is 14.3 Å². The third kappa shape index (κ3) is 5.38. The van der Waals surface area contributed by atoms with Crippen LogP contribution in [0.25, 0.3) is 0 Å². The van der Waals surface area contributed by atoms with E-state index >= 15 is 0 Å². The van der Waals surface area contributed by atoms with Crippen LogP contribution in [0, 0.1) is 0 Å². The molecule has 0 saturated heterocycles. The Bertz CT molecular complexity index is 422. The average Bonchev–Trinajstić information content (AvgIpc) is 2.45. The van der Waals surface area contributed by atoms with E-state index < -0.39 is 0 Å². The zero-order valence-electron chi connectivity index (χ0n) is 12.5. The Hall–Kier alpha value is -1.91. The Morgan fingerprint density at radius 2 is 1.75 bits per heavy atom. The molecule has 0 unspecified atom stereocenters. The van der Waals surface area contributed by atoms with Crippen LogP contribution in [0.5, 0.6) is 11.5 Å². The first-order valence-corrected chi connectivity index (χ1v) is 7.11. The topological polar surface area (TPSA) is 59.6 Å². The van der Waals surface area contributed by atoms with Gasteiger partial charge in [0.25, 0.3) is 0 Å². The summed E-state index contributed by atoms with van der Waals surface area (Å²) in [6.07, 6.45) is 0.922. The lowest BCUT2D eigenvalue weighted by molar-refractivity contribution is 0.240. The average molecular weight is 280 g/mol.